The molecule has 106 valence electrons. The van der Waals surface area contributed by atoms with E-state index in [2.05, 4.69) is 0 Å². The van der Waals surface area contributed by atoms with E-state index in [4.69, 9.17) is 4.74 Å². The first kappa shape index (κ1) is 13.3. The van der Waals surface area contributed by atoms with Crippen LogP contribution in [0.25, 0.3) is 0 Å². The molecule has 0 bridgehead atoms. The van der Waals surface area contributed by atoms with Gasteiger partial charge in [-0.25, -0.2) is 0 Å². The lowest BCUT2D eigenvalue weighted by Gasteiger charge is -2.26. The topological polar surface area (TPSA) is 46.6 Å². The summed E-state index contributed by atoms with van der Waals surface area (Å²) in [5, 5.41) is 0. The first-order valence-electron chi connectivity index (χ1n) is 7.19. The van der Waals surface area contributed by atoms with E-state index in [0.717, 1.165) is 42.7 Å². The molecule has 1 atom stereocenters. The smallest absolute Gasteiger partial charge is 0.227 e. The number of hydrogen-bond donors (Lipinski definition) is 0. The lowest BCUT2D eigenvalue weighted by molar-refractivity contribution is -0.118. The average Bonchev–Trinajstić information content (AvgIpc) is 2.95. The Morgan fingerprint density at radius 3 is 3.00 bits per heavy atom. The summed E-state index contributed by atoms with van der Waals surface area (Å²) >= 11 is 0. The molecule has 20 heavy (non-hydrogen) atoms. The molecule has 1 unspecified atom stereocenters. The van der Waals surface area contributed by atoms with Crippen LogP contribution in [0.2, 0.25) is 0 Å². The summed E-state index contributed by atoms with van der Waals surface area (Å²) in [7, 11) is 1.79. The molecule has 0 N–H and O–H groups in total. The Labute approximate surface area is 118 Å². The molecule has 1 fully saturated rings. The van der Waals surface area contributed by atoms with Gasteiger partial charge in [0.15, 0.2) is 5.78 Å². The molecule has 0 aliphatic carbocycles. The summed E-state index contributed by atoms with van der Waals surface area (Å²) < 4.78 is 5.52. The minimum atomic E-state index is 0.0859. The van der Waals surface area contributed by atoms with Crippen LogP contribution < -0.4 is 4.90 Å². The van der Waals surface area contributed by atoms with E-state index in [1.807, 2.05) is 18.2 Å². The third kappa shape index (κ3) is 2.48. The van der Waals surface area contributed by atoms with Gasteiger partial charge >= 0.3 is 0 Å². The predicted octanol–water partition coefficient (Wildman–Crippen LogP) is 2.35. The molecule has 1 aromatic rings. The Bertz CT molecular complexity index is 547. The van der Waals surface area contributed by atoms with E-state index in [0.29, 0.717) is 12.8 Å². The van der Waals surface area contributed by atoms with Crippen LogP contribution in [-0.2, 0) is 16.0 Å². The highest BCUT2D eigenvalue weighted by Crippen LogP contribution is 2.28. The number of fused-ring (bicyclic) bond motifs is 1. The number of amides is 1. The number of ether oxygens (including phenoxy) is 1. The monoisotopic (exact) mass is 273 g/mol. The van der Waals surface area contributed by atoms with Crippen molar-refractivity contribution in [3.63, 3.8) is 0 Å². The van der Waals surface area contributed by atoms with Crippen LogP contribution >= 0.6 is 0 Å². The second-order valence-electron chi connectivity index (χ2n) is 5.56. The number of ketones is 1. The molecule has 1 aromatic carbocycles. The van der Waals surface area contributed by atoms with Crippen molar-refractivity contribution in [2.75, 3.05) is 18.6 Å². The number of carbonyl (C=O) groups excluding carboxylic acids is 2. The fraction of sp³-hybridized carbons (Fsp3) is 0.500. The molecular formula is C16H19NO3. The number of rotatable bonds is 3. The Kier molecular flexibility index (Phi) is 3.57. The first-order chi connectivity index (χ1) is 9.65. The van der Waals surface area contributed by atoms with Crippen molar-refractivity contribution in [1.29, 1.82) is 0 Å². The molecular weight excluding hydrogens is 254 g/mol. The molecule has 0 aromatic heterocycles. The summed E-state index contributed by atoms with van der Waals surface area (Å²) in [5.41, 5.74) is 2.75. The predicted molar refractivity (Wildman–Crippen MR) is 76.1 cm³/mol. The number of nitrogens with zero attached hydrogens (tertiary/aromatic N) is 1. The summed E-state index contributed by atoms with van der Waals surface area (Å²) in [6, 6.07) is 5.65. The van der Waals surface area contributed by atoms with Gasteiger partial charge in [0, 0.05) is 37.7 Å². The van der Waals surface area contributed by atoms with E-state index in [1.54, 1.807) is 11.9 Å². The fourth-order valence-electron chi connectivity index (χ4n) is 2.96. The number of anilines is 1. The van der Waals surface area contributed by atoms with E-state index in [9.17, 15) is 9.59 Å². The van der Waals surface area contributed by atoms with Gasteiger partial charge in [-0.3, -0.25) is 9.59 Å². The van der Waals surface area contributed by atoms with Crippen molar-refractivity contribution in [2.24, 2.45) is 0 Å². The summed E-state index contributed by atoms with van der Waals surface area (Å²) in [6.45, 7) is 0.773. The largest absolute Gasteiger partial charge is 0.378 e. The van der Waals surface area contributed by atoms with Crippen LogP contribution in [0, 0.1) is 0 Å². The molecule has 3 rings (SSSR count). The van der Waals surface area contributed by atoms with E-state index in [-0.39, 0.29) is 17.8 Å². The van der Waals surface area contributed by atoms with Crippen LogP contribution in [0.15, 0.2) is 18.2 Å². The second-order valence-corrected chi connectivity index (χ2v) is 5.56. The molecule has 0 spiro atoms. The highest BCUT2D eigenvalue weighted by Gasteiger charge is 2.23. The Balaban J connectivity index is 1.78. The number of carbonyl (C=O) groups is 2. The van der Waals surface area contributed by atoms with Crippen LogP contribution in [0.3, 0.4) is 0 Å². The molecule has 2 heterocycles. The number of benzene rings is 1. The van der Waals surface area contributed by atoms with Crippen molar-refractivity contribution in [3.8, 4) is 0 Å². The van der Waals surface area contributed by atoms with Crippen molar-refractivity contribution < 1.29 is 14.3 Å². The summed E-state index contributed by atoms with van der Waals surface area (Å²) in [4.78, 5) is 25.6. The highest BCUT2D eigenvalue weighted by molar-refractivity contribution is 5.99. The maximum Gasteiger partial charge on any atom is 0.227 e. The fourth-order valence-corrected chi connectivity index (χ4v) is 2.96. The molecule has 4 nitrogen and oxygen atoms in total. The van der Waals surface area contributed by atoms with Gasteiger partial charge in [-0.1, -0.05) is 0 Å². The molecule has 2 aliphatic heterocycles. The SMILES string of the molecule is CN1C(=O)CCc2cc(C(=O)CC3CCCO3)ccc21. The first-order valence-corrected chi connectivity index (χ1v) is 7.19. The van der Waals surface area contributed by atoms with Crippen molar-refractivity contribution >= 4 is 17.4 Å². The maximum absolute atomic E-state index is 12.3. The van der Waals surface area contributed by atoms with Gasteiger partial charge in [0.2, 0.25) is 5.91 Å². The zero-order valence-corrected chi connectivity index (χ0v) is 11.7. The van der Waals surface area contributed by atoms with E-state index < -0.39 is 0 Å². The highest BCUT2D eigenvalue weighted by atomic mass is 16.5. The van der Waals surface area contributed by atoms with Gasteiger partial charge < -0.3 is 9.64 Å². The maximum atomic E-state index is 12.3. The van der Waals surface area contributed by atoms with Gasteiger partial charge in [0.1, 0.15) is 0 Å². The zero-order chi connectivity index (χ0) is 14.1. The number of hydrogen-bond acceptors (Lipinski definition) is 3. The lowest BCUT2D eigenvalue weighted by Crippen LogP contribution is -2.31. The zero-order valence-electron chi connectivity index (χ0n) is 11.7. The van der Waals surface area contributed by atoms with E-state index >= 15 is 0 Å². The van der Waals surface area contributed by atoms with Gasteiger partial charge in [0.05, 0.1) is 6.10 Å². The number of Topliss-reactive ketones (excluding diaryl/α,β-unsaturated/α-hetero) is 1. The average molecular weight is 273 g/mol. The lowest BCUT2D eigenvalue weighted by atomic mass is 9.96. The Morgan fingerprint density at radius 2 is 2.25 bits per heavy atom. The van der Waals surface area contributed by atoms with Crippen LogP contribution in [0.1, 0.15) is 41.6 Å². The summed E-state index contributed by atoms with van der Waals surface area (Å²) in [5.74, 6) is 0.273. The normalized spacial score (nSPS) is 21.9. The van der Waals surface area contributed by atoms with E-state index in [1.165, 1.54) is 0 Å². The molecule has 2 aliphatic rings. The standard InChI is InChI=1S/C16H19NO3/c1-17-14-6-4-12(9-11(14)5-7-16(17)19)15(18)10-13-3-2-8-20-13/h4,6,9,13H,2-3,5,7-8,10H2,1H3. The Morgan fingerprint density at radius 1 is 1.40 bits per heavy atom. The Hall–Kier alpha value is -1.68. The molecule has 4 heteroatoms. The van der Waals surface area contributed by atoms with Crippen molar-refractivity contribution in [1.82, 2.24) is 0 Å². The minimum absolute atomic E-state index is 0.0859. The second kappa shape index (κ2) is 5.37. The third-order valence-electron chi connectivity index (χ3n) is 4.18. The van der Waals surface area contributed by atoms with Crippen molar-refractivity contribution in [3.05, 3.63) is 29.3 Å². The quantitative estimate of drug-likeness (QED) is 0.794. The van der Waals surface area contributed by atoms with Crippen LogP contribution in [0.4, 0.5) is 5.69 Å². The molecule has 0 saturated carbocycles. The summed E-state index contributed by atoms with van der Waals surface area (Å²) in [6.07, 6.45) is 3.82. The van der Waals surface area contributed by atoms with Crippen molar-refractivity contribution in [2.45, 2.75) is 38.2 Å². The minimum Gasteiger partial charge on any atom is -0.378 e. The van der Waals surface area contributed by atoms with Gasteiger partial charge in [0.25, 0.3) is 0 Å². The van der Waals surface area contributed by atoms with Gasteiger partial charge in [-0.05, 0) is 43.0 Å². The van der Waals surface area contributed by atoms with Gasteiger partial charge in [-0.2, -0.15) is 0 Å². The van der Waals surface area contributed by atoms with Crippen LogP contribution in [-0.4, -0.2) is 31.4 Å². The molecule has 1 amide bonds. The number of aryl methyl sites for hydroxylation is 1. The molecule has 1 saturated heterocycles. The molecule has 0 radical (unpaired) electrons. The van der Waals surface area contributed by atoms with Gasteiger partial charge in [-0.15, -0.1) is 0 Å². The third-order valence-corrected chi connectivity index (χ3v) is 4.18. The van der Waals surface area contributed by atoms with Crippen LogP contribution in [0.5, 0.6) is 0 Å².